The predicted octanol–water partition coefficient (Wildman–Crippen LogP) is 1.57. The van der Waals surface area contributed by atoms with E-state index in [0.29, 0.717) is 0 Å². The number of nitro groups is 1. The predicted molar refractivity (Wildman–Crippen MR) is 70.4 cm³/mol. The van der Waals surface area contributed by atoms with Crippen molar-refractivity contribution in [3.63, 3.8) is 0 Å². The van der Waals surface area contributed by atoms with Crippen molar-refractivity contribution in [1.29, 1.82) is 0 Å². The number of non-ortho nitro benzene ring substituents is 1. The third kappa shape index (κ3) is 3.64. The van der Waals surface area contributed by atoms with E-state index in [-0.39, 0.29) is 15.8 Å². The van der Waals surface area contributed by atoms with Gasteiger partial charge in [0.2, 0.25) is 10.0 Å². The Morgan fingerprint density at radius 2 is 2.11 bits per heavy atom. The standard InChI is InChI=1S/C9H9BrN2O6S/c1-5(9(13)14)19(17,18)11-8-4-6(12(15)16)2-3-7(8)10/h2-5,11H,1H3,(H,13,14). The number of nitrogens with zero attached hydrogens (tertiary/aromatic N) is 1. The molecule has 0 aliphatic heterocycles. The first kappa shape index (κ1) is 15.4. The molecule has 0 amide bonds. The number of benzene rings is 1. The summed E-state index contributed by atoms with van der Waals surface area (Å²) in [6.45, 7) is 0.996. The Labute approximate surface area is 116 Å². The summed E-state index contributed by atoms with van der Waals surface area (Å²) in [4.78, 5) is 20.6. The van der Waals surface area contributed by atoms with Gasteiger partial charge in [0.1, 0.15) is 0 Å². The maximum atomic E-state index is 11.7. The lowest BCUT2D eigenvalue weighted by Crippen LogP contribution is -2.32. The van der Waals surface area contributed by atoms with Crippen molar-refractivity contribution in [3.05, 3.63) is 32.8 Å². The zero-order valence-corrected chi connectivity index (χ0v) is 11.9. The molecule has 0 saturated heterocycles. The highest BCUT2D eigenvalue weighted by Gasteiger charge is 2.28. The van der Waals surface area contributed by atoms with E-state index in [1.807, 2.05) is 4.72 Å². The average Bonchev–Trinajstić information content (AvgIpc) is 2.30. The Morgan fingerprint density at radius 1 is 1.53 bits per heavy atom. The van der Waals surface area contributed by atoms with E-state index < -0.39 is 26.2 Å². The van der Waals surface area contributed by atoms with Crippen molar-refractivity contribution in [2.24, 2.45) is 0 Å². The molecule has 19 heavy (non-hydrogen) atoms. The highest BCUT2D eigenvalue weighted by Crippen LogP contribution is 2.28. The normalized spacial score (nSPS) is 12.7. The summed E-state index contributed by atoms with van der Waals surface area (Å²) in [7, 11) is -4.18. The molecule has 2 N–H and O–H groups in total. The van der Waals surface area contributed by atoms with Crippen LogP contribution in [0, 0.1) is 10.1 Å². The number of sulfonamides is 1. The largest absolute Gasteiger partial charge is 0.480 e. The van der Waals surface area contributed by atoms with Crippen LogP contribution in [0.2, 0.25) is 0 Å². The smallest absolute Gasteiger partial charge is 0.323 e. The van der Waals surface area contributed by atoms with Gasteiger partial charge in [0.05, 0.1) is 10.6 Å². The molecule has 0 radical (unpaired) electrons. The van der Waals surface area contributed by atoms with Crippen LogP contribution in [0.1, 0.15) is 6.92 Å². The van der Waals surface area contributed by atoms with E-state index in [4.69, 9.17) is 5.11 Å². The second-order valence-corrected chi connectivity index (χ2v) is 6.40. The van der Waals surface area contributed by atoms with Crippen molar-refractivity contribution >= 4 is 43.3 Å². The van der Waals surface area contributed by atoms with Gasteiger partial charge in [-0.3, -0.25) is 19.6 Å². The van der Waals surface area contributed by atoms with E-state index >= 15 is 0 Å². The molecule has 1 aromatic carbocycles. The topological polar surface area (TPSA) is 127 Å². The van der Waals surface area contributed by atoms with E-state index in [0.717, 1.165) is 13.0 Å². The molecule has 1 unspecified atom stereocenters. The first-order valence-electron chi connectivity index (χ1n) is 4.83. The molecule has 0 bridgehead atoms. The van der Waals surface area contributed by atoms with E-state index in [1.165, 1.54) is 12.1 Å². The number of halogens is 1. The zero-order valence-electron chi connectivity index (χ0n) is 9.53. The van der Waals surface area contributed by atoms with Gasteiger partial charge in [-0.15, -0.1) is 0 Å². The van der Waals surface area contributed by atoms with Gasteiger partial charge < -0.3 is 5.11 Å². The van der Waals surface area contributed by atoms with Gasteiger partial charge in [0.15, 0.2) is 5.25 Å². The molecule has 1 atom stereocenters. The quantitative estimate of drug-likeness (QED) is 0.611. The number of rotatable bonds is 5. The maximum Gasteiger partial charge on any atom is 0.323 e. The van der Waals surface area contributed by atoms with Crippen molar-refractivity contribution in [2.75, 3.05) is 4.72 Å². The van der Waals surface area contributed by atoms with Crippen LogP contribution in [0.15, 0.2) is 22.7 Å². The number of nitrogens with one attached hydrogen (secondary N) is 1. The number of nitro benzene ring substituents is 1. The van der Waals surface area contributed by atoms with Crippen LogP contribution in [0.3, 0.4) is 0 Å². The highest BCUT2D eigenvalue weighted by atomic mass is 79.9. The Morgan fingerprint density at radius 3 is 2.58 bits per heavy atom. The number of carboxylic acid groups (broad SMARTS) is 1. The summed E-state index contributed by atoms with van der Waals surface area (Å²) in [6.07, 6.45) is 0. The lowest BCUT2D eigenvalue weighted by atomic mass is 10.3. The molecule has 0 aliphatic rings. The van der Waals surface area contributed by atoms with Crippen LogP contribution >= 0.6 is 15.9 Å². The van der Waals surface area contributed by atoms with Gasteiger partial charge in [0.25, 0.3) is 5.69 Å². The van der Waals surface area contributed by atoms with Gasteiger partial charge in [-0.2, -0.15) is 0 Å². The Hall–Kier alpha value is -1.68. The van der Waals surface area contributed by atoms with Gasteiger partial charge in [-0.05, 0) is 28.9 Å². The summed E-state index contributed by atoms with van der Waals surface area (Å²) in [5, 5.41) is 17.6. The Bertz CT molecular complexity index is 630. The summed E-state index contributed by atoms with van der Waals surface area (Å²) >= 11 is 3.02. The van der Waals surface area contributed by atoms with Crippen LogP contribution < -0.4 is 4.72 Å². The molecule has 0 aromatic heterocycles. The minimum absolute atomic E-state index is 0.0951. The molecular weight excluding hydrogens is 344 g/mol. The summed E-state index contributed by atoms with van der Waals surface area (Å²) in [5.41, 5.74) is -0.411. The maximum absolute atomic E-state index is 11.7. The van der Waals surface area contributed by atoms with Crippen LogP contribution in [-0.4, -0.2) is 29.7 Å². The van der Waals surface area contributed by atoms with E-state index in [2.05, 4.69) is 15.9 Å². The molecule has 104 valence electrons. The first-order valence-corrected chi connectivity index (χ1v) is 7.17. The number of hydrogen-bond donors (Lipinski definition) is 2. The van der Waals surface area contributed by atoms with Gasteiger partial charge >= 0.3 is 5.97 Å². The van der Waals surface area contributed by atoms with Crippen molar-refractivity contribution < 1.29 is 23.2 Å². The fraction of sp³-hybridized carbons (Fsp3) is 0.222. The third-order valence-corrected chi connectivity index (χ3v) is 4.55. The number of anilines is 1. The average molecular weight is 353 g/mol. The van der Waals surface area contributed by atoms with Crippen LogP contribution in [-0.2, 0) is 14.8 Å². The SMILES string of the molecule is CC(C(=O)O)S(=O)(=O)Nc1cc([N+](=O)[O-])ccc1Br. The Balaban J connectivity index is 3.15. The molecule has 1 aromatic rings. The van der Waals surface area contributed by atoms with Crippen molar-refractivity contribution in [2.45, 2.75) is 12.2 Å². The molecule has 0 heterocycles. The lowest BCUT2D eigenvalue weighted by Gasteiger charge is -2.12. The molecule has 0 saturated carbocycles. The van der Waals surface area contributed by atoms with Crippen molar-refractivity contribution in [3.8, 4) is 0 Å². The molecule has 1 rings (SSSR count). The summed E-state index contributed by atoms with van der Waals surface area (Å²) in [5.74, 6) is -1.52. The lowest BCUT2D eigenvalue weighted by molar-refractivity contribution is -0.384. The van der Waals surface area contributed by atoms with Gasteiger partial charge in [-0.25, -0.2) is 8.42 Å². The van der Waals surface area contributed by atoms with E-state index in [9.17, 15) is 23.3 Å². The minimum Gasteiger partial charge on any atom is -0.480 e. The molecule has 8 nitrogen and oxygen atoms in total. The van der Waals surface area contributed by atoms with Crippen molar-refractivity contribution in [1.82, 2.24) is 0 Å². The first-order chi connectivity index (χ1) is 8.65. The second kappa shape index (κ2) is 5.53. The number of carbonyl (C=O) groups is 1. The van der Waals surface area contributed by atoms with Gasteiger partial charge in [-0.1, -0.05) is 0 Å². The van der Waals surface area contributed by atoms with Crippen LogP contribution in [0.25, 0.3) is 0 Å². The number of carboxylic acids is 1. The van der Waals surface area contributed by atoms with Gasteiger partial charge in [0, 0.05) is 16.6 Å². The Kier molecular flexibility index (Phi) is 4.48. The molecule has 0 aliphatic carbocycles. The fourth-order valence-electron chi connectivity index (χ4n) is 1.08. The molecule has 0 fully saturated rings. The van der Waals surface area contributed by atoms with Crippen LogP contribution in [0.5, 0.6) is 0 Å². The monoisotopic (exact) mass is 352 g/mol. The molecule has 10 heteroatoms. The minimum atomic E-state index is -4.18. The molecular formula is C9H9BrN2O6S. The summed E-state index contributed by atoms with van der Waals surface area (Å²) < 4.78 is 25.7. The second-order valence-electron chi connectivity index (χ2n) is 3.55. The van der Waals surface area contributed by atoms with E-state index in [1.54, 1.807) is 0 Å². The molecule has 0 spiro atoms. The number of aliphatic carboxylic acids is 1. The third-order valence-electron chi connectivity index (χ3n) is 2.23. The highest BCUT2D eigenvalue weighted by molar-refractivity contribution is 9.10. The fourth-order valence-corrected chi connectivity index (χ4v) is 2.47. The number of hydrogen-bond acceptors (Lipinski definition) is 5. The van der Waals surface area contributed by atoms with Crippen LogP contribution in [0.4, 0.5) is 11.4 Å². The zero-order chi connectivity index (χ0) is 14.8. The summed E-state index contributed by atoms with van der Waals surface area (Å²) in [6, 6.07) is 3.47.